The minimum absolute atomic E-state index is 0.136. The molecule has 0 aromatic carbocycles. The van der Waals surface area contributed by atoms with Crippen LogP contribution in [0.4, 0.5) is 4.79 Å². The second-order valence-corrected chi connectivity index (χ2v) is 6.30. The van der Waals surface area contributed by atoms with Crippen LogP contribution in [0.25, 0.3) is 0 Å². The van der Waals surface area contributed by atoms with Crippen molar-refractivity contribution in [3.63, 3.8) is 0 Å². The molecule has 1 saturated heterocycles. The number of carbonyl (C=O) groups is 2. The van der Waals surface area contributed by atoms with E-state index in [0.717, 1.165) is 19.3 Å². The van der Waals surface area contributed by atoms with E-state index in [4.69, 9.17) is 10.5 Å². The first-order valence-corrected chi connectivity index (χ1v) is 6.60. The molecule has 5 nitrogen and oxygen atoms in total. The number of hydrogen-bond acceptors (Lipinski definition) is 3. The molecule has 2 amide bonds. The summed E-state index contributed by atoms with van der Waals surface area (Å²) in [5.41, 5.74) is 4.86. The number of rotatable bonds is 1. The van der Waals surface area contributed by atoms with Gasteiger partial charge in [-0.1, -0.05) is 6.42 Å². The molecule has 1 saturated carbocycles. The molecule has 5 heteroatoms. The summed E-state index contributed by atoms with van der Waals surface area (Å²) in [7, 11) is 0. The van der Waals surface area contributed by atoms with Crippen LogP contribution in [-0.2, 0) is 9.53 Å². The predicted octanol–water partition coefficient (Wildman–Crippen LogP) is 1.65. The van der Waals surface area contributed by atoms with Gasteiger partial charge in [-0.25, -0.2) is 4.79 Å². The van der Waals surface area contributed by atoms with Crippen LogP contribution in [0.1, 0.15) is 46.5 Å². The Labute approximate surface area is 108 Å². The van der Waals surface area contributed by atoms with Crippen LogP contribution in [-0.4, -0.2) is 34.6 Å². The number of amides is 2. The molecule has 0 aromatic heterocycles. The van der Waals surface area contributed by atoms with Crippen LogP contribution < -0.4 is 5.73 Å². The molecule has 18 heavy (non-hydrogen) atoms. The van der Waals surface area contributed by atoms with E-state index in [1.54, 1.807) is 4.90 Å². The normalized spacial score (nSPS) is 31.3. The standard InChI is InChI=1S/C13H22N2O3/c1-13(2,3)18-12(17)15-9-6-4-5-8(9)7-10(15)11(14)16/h8-10H,4-7H2,1-3H3,(H2,14,16)/t8-,9-,10-/m0/s1. The fourth-order valence-corrected chi connectivity index (χ4v) is 3.12. The Hall–Kier alpha value is -1.26. The van der Waals surface area contributed by atoms with Gasteiger partial charge in [0.05, 0.1) is 0 Å². The third-order valence-electron chi connectivity index (χ3n) is 3.77. The highest BCUT2D eigenvalue weighted by Crippen LogP contribution is 2.41. The maximum absolute atomic E-state index is 12.2. The number of fused-ring (bicyclic) bond motifs is 1. The van der Waals surface area contributed by atoms with E-state index in [1.165, 1.54) is 0 Å². The summed E-state index contributed by atoms with van der Waals surface area (Å²) >= 11 is 0. The zero-order chi connectivity index (χ0) is 13.5. The Kier molecular flexibility index (Phi) is 3.25. The number of hydrogen-bond donors (Lipinski definition) is 1. The Balaban J connectivity index is 2.16. The molecule has 0 unspecified atom stereocenters. The summed E-state index contributed by atoms with van der Waals surface area (Å²) < 4.78 is 5.39. The maximum Gasteiger partial charge on any atom is 0.411 e. The van der Waals surface area contributed by atoms with Crippen LogP contribution in [0.15, 0.2) is 0 Å². The highest BCUT2D eigenvalue weighted by molar-refractivity contribution is 5.85. The molecule has 2 N–H and O–H groups in total. The largest absolute Gasteiger partial charge is 0.444 e. The Morgan fingerprint density at radius 3 is 2.50 bits per heavy atom. The zero-order valence-electron chi connectivity index (χ0n) is 11.3. The van der Waals surface area contributed by atoms with Crippen LogP contribution in [0, 0.1) is 5.92 Å². The molecule has 1 aliphatic heterocycles. The van der Waals surface area contributed by atoms with Crippen molar-refractivity contribution in [2.45, 2.75) is 64.1 Å². The number of primary amides is 1. The van der Waals surface area contributed by atoms with E-state index in [9.17, 15) is 9.59 Å². The number of nitrogens with two attached hydrogens (primary N) is 1. The van der Waals surface area contributed by atoms with Gasteiger partial charge in [0.25, 0.3) is 0 Å². The van der Waals surface area contributed by atoms with Gasteiger partial charge in [0, 0.05) is 6.04 Å². The second kappa shape index (κ2) is 4.44. The summed E-state index contributed by atoms with van der Waals surface area (Å²) in [6.07, 6.45) is 3.43. The van der Waals surface area contributed by atoms with Gasteiger partial charge >= 0.3 is 6.09 Å². The van der Waals surface area contributed by atoms with E-state index < -0.39 is 23.6 Å². The molecule has 0 bridgehead atoms. The van der Waals surface area contributed by atoms with Crippen LogP contribution in [0.3, 0.4) is 0 Å². The molecular weight excluding hydrogens is 232 g/mol. The molecule has 2 rings (SSSR count). The van der Waals surface area contributed by atoms with E-state index in [1.807, 2.05) is 20.8 Å². The first kappa shape index (κ1) is 13.2. The maximum atomic E-state index is 12.2. The van der Waals surface area contributed by atoms with Gasteiger partial charge in [-0.3, -0.25) is 9.69 Å². The van der Waals surface area contributed by atoms with Crippen molar-refractivity contribution in [2.24, 2.45) is 11.7 Å². The van der Waals surface area contributed by atoms with Crippen molar-refractivity contribution in [2.75, 3.05) is 0 Å². The van der Waals surface area contributed by atoms with Crippen molar-refractivity contribution in [1.29, 1.82) is 0 Å². The molecule has 1 heterocycles. The highest BCUT2D eigenvalue weighted by Gasteiger charge is 2.49. The smallest absolute Gasteiger partial charge is 0.411 e. The van der Waals surface area contributed by atoms with Crippen LogP contribution >= 0.6 is 0 Å². The Morgan fingerprint density at radius 2 is 1.94 bits per heavy atom. The van der Waals surface area contributed by atoms with E-state index in [2.05, 4.69) is 0 Å². The third kappa shape index (κ3) is 2.44. The quantitative estimate of drug-likeness (QED) is 0.773. The van der Waals surface area contributed by atoms with Crippen LogP contribution in [0.5, 0.6) is 0 Å². The lowest BCUT2D eigenvalue weighted by Gasteiger charge is -2.31. The molecule has 3 atom stereocenters. The molecule has 2 fully saturated rings. The average Bonchev–Trinajstić information content (AvgIpc) is 2.70. The molecule has 0 aromatic rings. The molecule has 1 aliphatic carbocycles. The van der Waals surface area contributed by atoms with Gasteiger partial charge < -0.3 is 10.5 Å². The van der Waals surface area contributed by atoms with Gasteiger partial charge in [0.2, 0.25) is 5.91 Å². The van der Waals surface area contributed by atoms with E-state index in [-0.39, 0.29) is 6.04 Å². The highest BCUT2D eigenvalue weighted by atomic mass is 16.6. The van der Waals surface area contributed by atoms with E-state index >= 15 is 0 Å². The fourth-order valence-electron chi connectivity index (χ4n) is 3.12. The second-order valence-electron chi connectivity index (χ2n) is 6.30. The molecule has 0 spiro atoms. The zero-order valence-corrected chi connectivity index (χ0v) is 11.3. The lowest BCUT2D eigenvalue weighted by atomic mass is 10.0. The number of likely N-dealkylation sites (tertiary alicyclic amines) is 1. The summed E-state index contributed by atoms with van der Waals surface area (Å²) in [4.78, 5) is 25.3. The minimum Gasteiger partial charge on any atom is -0.444 e. The SMILES string of the molecule is CC(C)(C)OC(=O)N1[C@H](C(N)=O)C[C@@H]2CCC[C@@H]21. The summed E-state index contributed by atoms with van der Waals surface area (Å²) in [6.45, 7) is 5.48. The van der Waals surface area contributed by atoms with Crippen molar-refractivity contribution in [3.8, 4) is 0 Å². The average molecular weight is 254 g/mol. The fraction of sp³-hybridized carbons (Fsp3) is 0.846. The Morgan fingerprint density at radius 1 is 1.28 bits per heavy atom. The van der Waals surface area contributed by atoms with Crippen molar-refractivity contribution in [3.05, 3.63) is 0 Å². The van der Waals surface area contributed by atoms with Crippen molar-refractivity contribution >= 4 is 12.0 Å². The number of nitrogens with zero attached hydrogens (tertiary/aromatic N) is 1. The summed E-state index contributed by atoms with van der Waals surface area (Å²) in [5, 5.41) is 0. The first-order valence-electron chi connectivity index (χ1n) is 6.60. The van der Waals surface area contributed by atoms with Gasteiger partial charge in [0.15, 0.2) is 0 Å². The minimum atomic E-state index is -0.546. The first-order chi connectivity index (χ1) is 8.29. The number of ether oxygens (including phenoxy) is 1. The van der Waals surface area contributed by atoms with Crippen molar-refractivity contribution in [1.82, 2.24) is 4.90 Å². The lowest BCUT2D eigenvalue weighted by Crippen LogP contribution is -2.49. The van der Waals surface area contributed by atoms with Gasteiger partial charge in [-0.2, -0.15) is 0 Å². The Bertz CT molecular complexity index is 362. The van der Waals surface area contributed by atoms with Crippen molar-refractivity contribution < 1.29 is 14.3 Å². The molecule has 2 aliphatic rings. The van der Waals surface area contributed by atoms with Gasteiger partial charge in [-0.15, -0.1) is 0 Å². The van der Waals surface area contributed by atoms with Gasteiger partial charge in [0.1, 0.15) is 11.6 Å². The molecule has 0 radical (unpaired) electrons. The van der Waals surface area contributed by atoms with E-state index in [0.29, 0.717) is 12.3 Å². The molecular formula is C13H22N2O3. The van der Waals surface area contributed by atoms with Gasteiger partial charge in [-0.05, 0) is 46.0 Å². The predicted molar refractivity (Wildman–Crippen MR) is 66.8 cm³/mol. The molecule has 102 valence electrons. The monoisotopic (exact) mass is 254 g/mol. The van der Waals surface area contributed by atoms with Crippen LogP contribution in [0.2, 0.25) is 0 Å². The lowest BCUT2D eigenvalue weighted by molar-refractivity contribution is -0.122. The third-order valence-corrected chi connectivity index (χ3v) is 3.77. The summed E-state index contributed by atoms with van der Waals surface area (Å²) in [6, 6.07) is -0.354. The topological polar surface area (TPSA) is 72.6 Å². The summed E-state index contributed by atoms with van der Waals surface area (Å²) in [5.74, 6) is -0.00900. The number of carbonyl (C=O) groups excluding carboxylic acids is 2.